The van der Waals surface area contributed by atoms with Crippen LogP contribution in [0.25, 0.3) is 0 Å². The standard InChI is InChI=1S/C14H17ClO5/c1-3-19-14(17)9-4-5-20-13-10(12(9)16)6-8(15)7-11(13)18-2/h6-7,9,12,16H,3-5H2,1-2H3. The lowest BCUT2D eigenvalue weighted by Gasteiger charge is -2.19. The average molecular weight is 301 g/mol. The molecule has 6 heteroatoms. The van der Waals surface area contributed by atoms with Crippen LogP contribution in [0.3, 0.4) is 0 Å². The van der Waals surface area contributed by atoms with Crippen molar-refractivity contribution in [3.8, 4) is 11.5 Å². The zero-order chi connectivity index (χ0) is 14.7. The van der Waals surface area contributed by atoms with Gasteiger partial charge in [-0.2, -0.15) is 0 Å². The van der Waals surface area contributed by atoms with Crippen molar-refractivity contribution in [1.29, 1.82) is 0 Å². The van der Waals surface area contributed by atoms with E-state index in [1.54, 1.807) is 19.1 Å². The van der Waals surface area contributed by atoms with Gasteiger partial charge in [0.25, 0.3) is 0 Å². The highest BCUT2D eigenvalue weighted by molar-refractivity contribution is 6.30. The van der Waals surface area contributed by atoms with Gasteiger partial charge < -0.3 is 19.3 Å². The summed E-state index contributed by atoms with van der Waals surface area (Å²) in [6, 6.07) is 3.19. The summed E-state index contributed by atoms with van der Waals surface area (Å²) >= 11 is 6.00. The fraction of sp³-hybridized carbons (Fsp3) is 0.500. The van der Waals surface area contributed by atoms with Gasteiger partial charge in [0.15, 0.2) is 11.5 Å². The van der Waals surface area contributed by atoms with Crippen molar-refractivity contribution in [2.45, 2.75) is 19.4 Å². The molecule has 1 heterocycles. The lowest BCUT2D eigenvalue weighted by atomic mass is 9.93. The van der Waals surface area contributed by atoms with E-state index in [-0.39, 0.29) is 6.61 Å². The molecule has 0 saturated heterocycles. The maximum absolute atomic E-state index is 11.9. The molecule has 1 aliphatic heterocycles. The van der Waals surface area contributed by atoms with Crippen molar-refractivity contribution in [3.05, 3.63) is 22.7 Å². The van der Waals surface area contributed by atoms with Gasteiger partial charge >= 0.3 is 5.97 Å². The quantitative estimate of drug-likeness (QED) is 0.868. The fourth-order valence-electron chi connectivity index (χ4n) is 2.27. The van der Waals surface area contributed by atoms with Gasteiger partial charge in [0.1, 0.15) is 0 Å². The van der Waals surface area contributed by atoms with E-state index in [9.17, 15) is 9.90 Å². The smallest absolute Gasteiger partial charge is 0.312 e. The second-order valence-corrected chi connectivity index (χ2v) is 4.90. The Balaban J connectivity index is 2.40. The fourth-order valence-corrected chi connectivity index (χ4v) is 2.49. The van der Waals surface area contributed by atoms with Crippen LogP contribution in [-0.4, -0.2) is 31.4 Å². The molecule has 0 saturated carbocycles. The van der Waals surface area contributed by atoms with Gasteiger partial charge in [-0.1, -0.05) is 11.6 Å². The van der Waals surface area contributed by atoms with Crippen LogP contribution in [0, 0.1) is 5.92 Å². The Morgan fingerprint density at radius 3 is 2.95 bits per heavy atom. The molecule has 1 aromatic rings. The molecule has 0 bridgehead atoms. The highest BCUT2D eigenvalue weighted by atomic mass is 35.5. The van der Waals surface area contributed by atoms with E-state index in [1.807, 2.05) is 0 Å². The van der Waals surface area contributed by atoms with Crippen LogP contribution in [0.15, 0.2) is 12.1 Å². The van der Waals surface area contributed by atoms with Crippen LogP contribution in [0.5, 0.6) is 11.5 Å². The van der Waals surface area contributed by atoms with E-state index in [4.69, 9.17) is 25.8 Å². The Kier molecular flexibility index (Phi) is 4.73. The van der Waals surface area contributed by atoms with Gasteiger partial charge in [0, 0.05) is 16.7 Å². The lowest BCUT2D eigenvalue weighted by molar-refractivity contribution is -0.152. The zero-order valence-electron chi connectivity index (χ0n) is 11.4. The van der Waals surface area contributed by atoms with Crippen LogP contribution in [0.2, 0.25) is 5.02 Å². The predicted octanol–water partition coefficient (Wildman–Crippen LogP) is 2.34. The van der Waals surface area contributed by atoms with Crippen LogP contribution in [0.1, 0.15) is 25.0 Å². The summed E-state index contributed by atoms with van der Waals surface area (Å²) in [7, 11) is 1.50. The van der Waals surface area contributed by atoms with E-state index in [2.05, 4.69) is 0 Å². The van der Waals surface area contributed by atoms with E-state index in [0.717, 1.165) is 0 Å². The number of methoxy groups -OCH3 is 1. The molecule has 20 heavy (non-hydrogen) atoms. The largest absolute Gasteiger partial charge is 0.493 e. The van der Waals surface area contributed by atoms with Gasteiger partial charge in [-0.25, -0.2) is 0 Å². The molecule has 1 aromatic carbocycles. The van der Waals surface area contributed by atoms with Gasteiger partial charge in [-0.05, 0) is 19.4 Å². The number of hydrogen-bond acceptors (Lipinski definition) is 5. The third-order valence-corrected chi connectivity index (χ3v) is 3.45. The van der Waals surface area contributed by atoms with Crippen LogP contribution < -0.4 is 9.47 Å². The summed E-state index contributed by atoms with van der Waals surface area (Å²) in [5.74, 6) is -0.234. The minimum Gasteiger partial charge on any atom is -0.493 e. The van der Waals surface area contributed by atoms with Crippen molar-refractivity contribution in [1.82, 2.24) is 0 Å². The predicted molar refractivity (Wildman–Crippen MR) is 73.2 cm³/mol. The number of benzene rings is 1. The SMILES string of the molecule is CCOC(=O)C1CCOc2c(OC)cc(Cl)cc2C1O. The zero-order valence-corrected chi connectivity index (χ0v) is 12.1. The third-order valence-electron chi connectivity index (χ3n) is 3.23. The van der Waals surface area contributed by atoms with E-state index >= 15 is 0 Å². The number of halogens is 1. The Morgan fingerprint density at radius 2 is 2.30 bits per heavy atom. The molecule has 2 atom stereocenters. The first-order valence-electron chi connectivity index (χ1n) is 6.43. The molecule has 0 amide bonds. The molecule has 1 aliphatic rings. The Morgan fingerprint density at radius 1 is 1.55 bits per heavy atom. The minimum atomic E-state index is -1.03. The Bertz CT molecular complexity index is 503. The first kappa shape index (κ1) is 14.9. The summed E-state index contributed by atoms with van der Waals surface area (Å²) in [4.78, 5) is 11.9. The molecule has 1 N–H and O–H groups in total. The first-order chi connectivity index (χ1) is 9.58. The second-order valence-electron chi connectivity index (χ2n) is 4.47. The van der Waals surface area contributed by atoms with E-state index in [1.165, 1.54) is 7.11 Å². The molecule has 0 radical (unpaired) electrons. The molecule has 0 aromatic heterocycles. The first-order valence-corrected chi connectivity index (χ1v) is 6.81. The molecule has 110 valence electrons. The van der Waals surface area contributed by atoms with Gasteiger partial charge in [0.2, 0.25) is 0 Å². The molecular weight excluding hydrogens is 284 g/mol. The Labute approximate surface area is 122 Å². The number of fused-ring (bicyclic) bond motifs is 1. The minimum absolute atomic E-state index is 0.272. The third kappa shape index (κ3) is 2.83. The highest BCUT2D eigenvalue weighted by Crippen LogP contribution is 2.43. The number of ether oxygens (including phenoxy) is 3. The van der Waals surface area contributed by atoms with E-state index < -0.39 is 18.0 Å². The highest BCUT2D eigenvalue weighted by Gasteiger charge is 2.35. The number of hydrogen-bond donors (Lipinski definition) is 1. The number of carbonyl (C=O) groups is 1. The Hall–Kier alpha value is -1.46. The van der Waals surface area contributed by atoms with Crippen molar-refractivity contribution in [3.63, 3.8) is 0 Å². The van der Waals surface area contributed by atoms with Crippen LogP contribution >= 0.6 is 11.6 Å². The summed E-state index contributed by atoms with van der Waals surface area (Å²) in [6.45, 7) is 2.30. The number of carbonyl (C=O) groups excluding carboxylic acids is 1. The molecule has 2 rings (SSSR count). The van der Waals surface area contributed by atoms with Crippen molar-refractivity contribution < 1.29 is 24.1 Å². The van der Waals surface area contributed by atoms with Crippen molar-refractivity contribution in [2.75, 3.05) is 20.3 Å². The molecule has 0 aliphatic carbocycles. The number of aliphatic hydroxyl groups excluding tert-OH is 1. The van der Waals surface area contributed by atoms with E-state index in [0.29, 0.717) is 35.1 Å². The summed E-state index contributed by atoms with van der Waals surface area (Å²) in [6.07, 6.45) is -0.658. The normalized spacial score (nSPS) is 21.4. The van der Waals surface area contributed by atoms with Crippen molar-refractivity contribution in [2.24, 2.45) is 5.92 Å². The monoisotopic (exact) mass is 300 g/mol. The maximum Gasteiger partial charge on any atom is 0.312 e. The maximum atomic E-state index is 11.9. The summed E-state index contributed by atoms with van der Waals surface area (Å²) in [5.41, 5.74) is 0.449. The number of rotatable bonds is 3. The number of esters is 1. The molecular formula is C14H17ClO5. The second kappa shape index (κ2) is 6.33. The molecule has 5 nitrogen and oxygen atoms in total. The summed E-state index contributed by atoms with van der Waals surface area (Å²) < 4.78 is 15.8. The summed E-state index contributed by atoms with van der Waals surface area (Å²) in [5, 5.41) is 10.9. The van der Waals surface area contributed by atoms with Gasteiger partial charge in [-0.3, -0.25) is 4.79 Å². The average Bonchev–Trinajstić information content (AvgIpc) is 2.58. The number of aliphatic hydroxyl groups is 1. The molecule has 0 fully saturated rings. The van der Waals surface area contributed by atoms with Crippen LogP contribution in [0.4, 0.5) is 0 Å². The molecule has 2 unspecified atom stereocenters. The van der Waals surface area contributed by atoms with Gasteiger partial charge in [-0.15, -0.1) is 0 Å². The van der Waals surface area contributed by atoms with Crippen LogP contribution in [-0.2, 0) is 9.53 Å². The lowest BCUT2D eigenvalue weighted by Crippen LogP contribution is -2.24. The topological polar surface area (TPSA) is 65.0 Å². The van der Waals surface area contributed by atoms with Crippen molar-refractivity contribution >= 4 is 17.6 Å². The molecule has 0 spiro atoms. The van der Waals surface area contributed by atoms with Gasteiger partial charge in [0.05, 0.1) is 32.3 Å².